The van der Waals surface area contributed by atoms with E-state index in [0.29, 0.717) is 39.1 Å². The number of amides is 2. The van der Waals surface area contributed by atoms with Crippen LogP contribution in [-0.4, -0.2) is 35.5 Å². The molecule has 0 aliphatic carbocycles. The molecule has 0 radical (unpaired) electrons. The van der Waals surface area contributed by atoms with Gasteiger partial charge in [0.1, 0.15) is 12.2 Å². The van der Waals surface area contributed by atoms with Crippen LogP contribution in [0.25, 0.3) is 0 Å². The fourth-order valence-corrected chi connectivity index (χ4v) is 4.76. The van der Waals surface area contributed by atoms with E-state index in [9.17, 15) is 14.4 Å². The number of nitrogens with zero attached hydrogens (tertiary/aromatic N) is 1. The van der Waals surface area contributed by atoms with Crippen LogP contribution in [0.2, 0.25) is 10.0 Å². The van der Waals surface area contributed by atoms with Gasteiger partial charge in [-0.05, 0) is 53.9 Å². The predicted octanol–water partition coefficient (Wildman–Crippen LogP) is 6.59. The van der Waals surface area contributed by atoms with Gasteiger partial charge in [-0.15, -0.1) is 0 Å². The van der Waals surface area contributed by atoms with Gasteiger partial charge >= 0.3 is 5.97 Å². The summed E-state index contributed by atoms with van der Waals surface area (Å²) >= 11 is 12.9. The third-order valence-electron chi connectivity index (χ3n) is 6.01. The summed E-state index contributed by atoms with van der Waals surface area (Å²) in [6, 6.07) is 18.3. The number of ether oxygens (including phenoxy) is 1. The Labute approximate surface area is 231 Å². The molecule has 1 heterocycles. The van der Waals surface area contributed by atoms with Crippen LogP contribution >= 0.6 is 23.2 Å². The number of anilines is 2. The number of carbonyl (C=O) groups excluding carboxylic acids is 2. The van der Waals surface area contributed by atoms with E-state index in [1.807, 2.05) is 32.9 Å². The maximum atomic E-state index is 13.9. The lowest BCUT2D eigenvalue weighted by molar-refractivity contribution is -0.136. The molecule has 7 nitrogen and oxygen atoms in total. The second-order valence-electron chi connectivity index (χ2n) is 10.3. The summed E-state index contributed by atoms with van der Waals surface area (Å²) in [4.78, 5) is 39.8. The molecule has 2 amide bonds. The molecule has 0 spiro atoms. The molecule has 3 aromatic rings. The van der Waals surface area contributed by atoms with E-state index in [2.05, 4.69) is 5.32 Å². The minimum absolute atomic E-state index is 0.0992. The van der Waals surface area contributed by atoms with Crippen molar-refractivity contribution < 1.29 is 24.2 Å². The number of benzene rings is 3. The maximum absolute atomic E-state index is 13.9. The van der Waals surface area contributed by atoms with Gasteiger partial charge in [0.15, 0.2) is 0 Å². The number of carboxylic acids is 1. The van der Waals surface area contributed by atoms with Gasteiger partial charge in [0.25, 0.3) is 5.91 Å². The number of rotatable bonds is 6. The van der Waals surface area contributed by atoms with Crippen molar-refractivity contribution in [1.29, 1.82) is 0 Å². The summed E-state index contributed by atoms with van der Waals surface area (Å²) in [6.07, 6.45) is -2.13. The smallest absolute Gasteiger partial charge is 0.335 e. The first-order valence-corrected chi connectivity index (χ1v) is 12.8. The molecule has 4 rings (SSSR count). The molecule has 0 unspecified atom stereocenters. The fourth-order valence-electron chi connectivity index (χ4n) is 4.35. The van der Waals surface area contributed by atoms with Gasteiger partial charge in [-0.25, -0.2) is 4.79 Å². The van der Waals surface area contributed by atoms with Crippen molar-refractivity contribution in [2.75, 3.05) is 16.8 Å². The summed E-state index contributed by atoms with van der Waals surface area (Å²) in [7, 11) is 0. The number of carboxylic acid groups (broad SMARTS) is 1. The predicted molar refractivity (Wildman–Crippen MR) is 148 cm³/mol. The number of nitrogens with one attached hydrogen (secondary N) is 1. The average molecular weight is 555 g/mol. The second kappa shape index (κ2) is 11.2. The lowest BCUT2D eigenvalue weighted by atomic mass is 9.94. The minimum atomic E-state index is -1.12. The molecular weight excluding hydrogens is 527 g/mol. The normalized spacial score (nSPS) is 17.5. The Morgan fingerprint density at radius 3 is 2.32 bits per heavy atom. The standard InChI is InChI=1S/C29H28Cl2N2O5/c1-29(2,3)16-33-23-13-10-18(30)14-21(23)26(20-6-4-5-7-22(20)31)38-24(27(33)35)15-25(34)32-19-11-8-17(9-12-19)28(36)37/h4-14,24,26H,15-16H2,1-3H3,(H,32,34)(H,36,37)/t24-,26-/m0/s1. The molecule has 1 aliphatic rings. The number of aromatic carboxylic acids is 1. The number of hydrogen-bond acceptors (Lipinski definition) is 4. The van der Waals surface area contributed by atoms with E-state index in [1.165, 1.54) is 24.3 Å². The summed E-state index contributed by atoms with van der Waals surface area (Å²) in [5.74, 6) is -1.87. The molecule has 0 saturated heterocycles. The van der Waals surface area contributed by atoms with Crippen LogP contribution < -0.4 is 10.2 Å². The van der Waals surface area contributed by atoms with Crippen LogP contribution in [0.3, 0.4) is 0 Å². The number of fused-ring (bicyclic) bond motifs is 1. The van der Waals surface area contributed by atoms with Gasteiger partial charge in [0.2, 0.25) is 5.91 Å². The molecule has 2 atom stereocenters. The Morgan fingerprint density at radius 1 is 1.00 bits per heavy atom. The Kier molecular flexibility index (Phi) is 8.11. The van der Waals surface area contributed by atoms with E-state index < -0.39 is 24.1 Å². The number of carbonyl (C=O) groups is 3. The van der Waals surface area contributed by atoms with Gasteiger partial charge in [-0.1, -0.05) is 62.2 Å². The van der Waals surface area contributed by atoms with Gasteiger partial charge in [0.05, 0.1) is 12.0 Å². The van der Waals surface area contributed by atoms with Crippen molar-refractivity contribution in [2.24, 2.45) is 5.41 Å². The van der Waals surface area contributed by atoms with E-state index in [0.717, 1.165) is 0 Å². The van der Waals surface area contributed by atoms with Crippen LogP contribution in [0.1, 0.15) is 54.8 Å². The van der Waals surface area contributed by atoms with Crippen molar-refractivity contribution in [3.8, 4) is 0 Å². The van der Waals surface area contributed by atoms with Gasteiger partial charge in [-0.2, -0.15) is 0 Å². The number of halogens is 2. The third kappa shape index (κ3) is 6.35. The summed E-state index contributed by atoms with van der Waals surface area (Å²) in [6.45, 7) is 6.45. The van der Waals surface area contributed by atoms with E-state index in [4.69, 9.17) is 33.0 Å². The second-order valence-corrected chi connectivity index (χ2v) is 11.2. The largest absolute Gasteiger partial charge is 0.478 e. The highest BCUT2D eigenvalue weighted by Gasteiger charge is 2.39. The van der Waals surface area contributed by atoms with E-state index in [1.54, 1.807) is 35.2 Å². The van der Waals surface area contributed by atoms with Crippen molar-refractivity contribution in [3.63, 3.8) is 0 Å². The highest BCUT2D eigenvalue weighted by atomic mass is 35.5. The molecule has 198 valence electrons. The lowest BCUT2D eigenvalue weighted by Crippen LogP contribution is -2.44. The molecule has 9 heteroatoms. The van der Waals surface area contributed by atoms with E-state index in [-0.39, 0.29) is 23.3 Å². The van der Waals surface area contributed by atoms with Gasteiger partial charge < -0.3 is 20.1 Å². The summed E-state index contributed by atoms with van der Waals surface area (Å²) < 4.78 is 6.40. The topological polar surface area (TPSA) is 95.9 Å². The first kappa shape index (κ1) is 27.6. The van der Waals surface area contributed by atoms with Crippen LogP contribution in [0, 0.1) is 5.41 Å². The molecule has 0 saturated carbocycles. The third-order valence-corrected chi connectivity index (χ3v) is 6.59. The fraction of sp³-hybridized carbons (Fsp3) is 0.276. The Bertz CT molecular complexity index is 1370. The Hall–Kier alpha value is -3.39. The molecule has 2 N–H and O–H groups in total. The van der Waals surface area contributed by atoms with Crippen LogP contribution in [0.4, 0.5) is 11.4 Å². The lowest BCUT2D eigenvalue weighted by Gasteiger charge is -2.31. The highest BCUT2D eigenvalue weighted by molar-refractivity contribution is 6.31. The van der Waals surface area contributed by atoms with Gasteiger partial charge in [-0.3, -0.25) is 9.59 Å². The van der Waals surface area contributed by atoms with E-state index >= 15 is 0 Å². The SMILES string of the molecule is CC(C)(C)CN1C(=O)[C@H](CC(=O)Nc2ccc(C(=O)O)cc2)O[C@@H](c2ccccc2Cl)c2cc(Cl)ccc21. The molecule has 3 aromatic carbocycles. The van der Waals surface area contributed by atoms with Crippen molar-refractivity contribution in [2.45, 2.75) is 39.4 Å². The van der Waals surface area contributed by atoms with Crippen LogP contribution in [-0.2, 0) is 14.3 Å². The summed E-state index contributed by atoms with van der Waals surface area (Å²) in [5.41, 5.74) is 2.22. The molecular formula is C29H28Cl2N2O5. The van der Waals surface area contributed by atoms with Crippen molar-refractivity contribution in [1.82, 2.24) is 0 Å². The minimum Gasteiger partial charge on any atom is -0.478 e. The average Bonchev–Trinajstić information content (AvgIpc) is 2.94. The monoisotopic (exact) mass is 554 g/mol. The van der Waals surface area contributed by atoms with Crippen molar-refractivity contribution >= 4 is 52.4 Å². The molecule has 0 aromatic heterocycles. The highest BCUT2D eigenvalue weighted by Crippen LogP contribution is 2.42. The van der Waals surface area contributed by atoms with Crippen molar-refractivity contribution in [3.05, 3.63) is 93.5 Å². The first-order valence-electron chi connectivity index (χ1n) is 12.1. The summed E-state index contributed by atoms with van der Waals surface area (Å²) in [5, 5.41) is 12.8. The first-order chi connectivity index (χ1) is 17.9. The molecule has 38 heavy (non-hydrogen) atoms. The maximum Gasteiger partial charge on any atom is 0.335 e. The zero-order chi connectivity index (χ0) is 27.6. The van der Waals surface area contributed by atoms with Crippen LogP contribution in [0.5, 0.6) is 0 Å². The molecule has 1 aliphatic heterocycles. The Morgan fingerprint density at radius 2 is 1.68 bits per heavy atom. The quantitative estimate of drug-likeness (QED) is 0.358. The van der Waals surface area contributed by atoms with Gasteiger partial charge in [0, 0.05) is 39.1 Å². The van der Waals surface area contributed by atoms with Crippen LogP contribution in [0.15, 0.2) is 66.7 Å². The molecule has 0 bridgehead atoms. The zero-order valence-electron chi connectivity index (χ0n) is 21.2. The zero-order valence-corrected chi connectivity index (χ0v) is 22.7. The number of hydrogen-bond donors (Lipinski definition) is 2. The Balaban J connectivity index is 1.71. The molecule has 0 fully saturated rings.